The minimum Gasteiger partial charge on any atom is -0.508 e. The number of nitrogens with zero attached hydrogens (tertiary/aromatic N) is 1. The number of phenols is 1. The number of benzene rings is 1. The zero-order chi connectivity index (χ0) is 26.5. The Bertz CT molecular complexity index is 1130. The lowest BCUT2D eigenvalue weighted by molar-refractivity contribution is -0.240. The number of aromatic hydroxyl groups is 1. The number of aliphatic hydroxyl groups excluding tert-OH is 2. The number of phenolic OH excluding ortho intramolecular Hbond substituents is 1. The number of carbonyl (C=O) groups excluding carboxylic acids is 1. The minimum atomic E-state index is -1.06. The van der Waals surface area contributed by atoms with Crippen LogP contribution in [0.15, 0.2) is 6.07 Å². The fraction of sp³-hybridized carbons (Fsp3) is 0.714. The molecule has 7 atom stereocenters. The quantitative estimate of drug-likeness (QED) is 0.500. The van der Waals surface area contributed by atoms with Crippen LogP contribution >= 0.6 is 0 Å². The Morgan fingerprint density at radius 2 is 1.83 bits per heavy atom. The van der Waals surface area contributed by atoms with Crippen LogP contribution in [0.25, 0.3) is 0 Å². The molecule has 1 aromatic rings. The molecule has 2 fully saturated rings. The number of hydrogen-bond donors (Lipinski definition) is 4. The zero-order valence-electron chi connectivity index (χ0n) is 22.0. The topological polar surface area (TPSA) is 128 Å². The SMILES string of the molecule is CC(C)[C@@H](C(=O)O)N1Cc2c(cc(O)c3c2O[C@@]2(C3)[C@@H](C)CC[C@H]3C(C)(C)[C@H](O)[C@H](O)C[C@@]32C)C1=O. The van der Waals surface area contributed by atoms with Crippen LogP contribution in [0.2, 0.25) is 0 Å². The lowest BCUT2D eigenvalue weighted by Crippen LogP contribution is -2.69. The number of carbonyl (C=O) groups is 2. The van der Waals surface area contributed by atoms with E-state index in [0.717, 1.165) is 12.8 Å². The molecule has 5 rings (SSSR count). The van der Waals surface area contributed by atoms with E-state index in [9.17, 15) is 30.0 Å². The van der Waals surface area contributed by atoms with Gasteiger partial charge in [0, 0.05) is 23.0 Å². The largest absolute Gasteiger partial charge is 0.508 e. The van der Waals surface area contributed by atoms with Crippen LogP contribution in [0.5, 0.6) is 11.5 Å². The first kappa shape index (κ1) is 25.3. The van der Waals surface area contributed by atoms with Crippen molar-refractivity contribution in [3.8, 4) is 11.5 Å². The van der Waals surface area contributed by atoms with Gasteiger partial charge in [0.1, 0.15) is 23.1 Å². The van der Waals surface area contributed by atoms with Crippen LogP contribution in [0.4, 0.5) is 0 Å². The third kappa shape index (κ3) is 3.06. The van der Waals surface area contributed by atoms with E-state index < -0.39 is 46.6 Å². The number of rotatable bonds is 3. The van der Waals surface area contributed by atoms with Gasteiger partial charge in [0.25, 0.3) is 5.91 Å². The Balaban J connectivity index is 1.61. The Morgan fingerprint density at radius 1 is 1.17 bits per heavy atom. The molecule has 8 heteroatoms. The van der Waals surface area contributed by atoms with E-state index >= 15 is 0 Å². The molecule has 198 valence electrons. The second-order valence-corrected chi connectivity index (χ2v) is 12.8. The molecule has 8 nitrogen and oxygen atoms in total. The van der Waals surface area contributed by atoms with Crippen molar-refractivity contribution in [2.75, 3.05) is 0 Å². The highest BCUT2D eigenvalue weighted by atomic mass is 16.5. The number of carboxylic acid groups (broad SMARTS) is 1. The van der Waals surface area contributed by atoms with Crippen LogP contribution in [0.1, 0.15) is 82.3 Å². The highest BCUT2D eigenvalue weighted by Crippen LogP contribution is 2.67. The molecule has 4 aliphatic rings. The third-order valence-electron chi connectivity index (χ3n) is 10.3. The number of hydrogen-bond acceptors (Lipinski definition) is 6. The third-order valence-corrected chi connectivity index (χ3v) is 10.3. The molecule has 0 radical (unpaired) electrons. The summed E-state index contributed by atoms with van der Waals surface area (Å²) in [5.74, 6) is -1.09. The van der Waals surface area contributed by atoms with Gasteiger partial charge in [-0.25, -0.2) is 4.79 Å². The summed E-state index contributed by atoms with van der Waals surface area (Å²) in [4.78, 5) is 26.7. The molecule has 1 aromatic carbocycles. The predicted molar refractivity (Wildman–Crippen MR) is 132 cm³/mol. The number of carboxylic acids is 1. The van der Waals surface area contributed by atoms with Gasteiger partial charge in [-0.2, -0.15) is 0 Å². The molecule has 0 bridgehead atoms. The van der Waals surface area contributed by atoms with Gasteiger partial charge in [0.2, 0.25) is 0 Å². The monoisotopic (exact) mass is 501 g/mol. The fourth-order valence-corrected chi connectivity index (χ4v) is 8.43. The maximum Gasteiger partial charge on any atom is 0.326 e. The molecule has 0 unspecified atom stereocenters. The van der Waals surface area contributed by atoms with Crippen molar-refractivity contribution in [3.63, 3.8) is 0 Å². The lowest BCUT2D eigenvalue weighted by atomic mass is 9.43. The molecule has 2 aliphatic heterocycles. The summed E-state index contributed by atoms with van der Waals surface area (Å²) in [6.07, 6.45) is 0.870. The highest BCUT2D eigenvalue weighted by molar-refractivity contribution is 6.02. The van der Waals surface area contributed by atoms with Crippen LogP contribution in [0.3, 0.4) is 0 Å². The normalized spacial score (nSPS) is 37.5. The second kappa shape index (κ2) is 7.84. The average Bonchev–Trinajstić information content (AvgIpc) is 3.32. The van der Waals surface area contributed by atoms with E-state index in [1.165, 1.54) is 11.0 Å². The average molecular weight is 502 g/mol. The van der Waals surface area contributed by atoms with E-state index in [2.05, 4.69) is 13.8 Å². The molecule has 1 amide bonds. The van der Waals surface area contributed by atoms with Crippen molar-refractivity contribution < 1.29 is 34.8 Å². The summed E-state index contributed by atoms with van der Waals surface area (Å²) in [6.45, 7) is 12.0. The summed E-state index contributed by atoms with van der Waals surface area (Å²) in [7, 11) is 0. The van der Waals surface area contributed by atoms with E-state index in [-0.39, 0.29) is 30.0 Å². The molecular weight excluding hydrogens is 462 g/mol. The van der Waals surface area contributed by atoms with E-state index in [0.29, 0.717) is 35.3 Å². The molecule has 4 N–H and O–H groups in total. The van der Waals surface area contributed by atoms with Crippen LogP contribution in [-0.2, 0) is 17.8 Å². The molecular formula is C28H39NO7. The number of aliphatic hydroxyl groups is 2. The fourth-order valence-electron chi connectivity index (χ4n) is 8.43. The van der Waals surface area contributed by atoms with Gasteiger partial charge in [-0.15, -0.1) is 0 Å². The predicted octanol–water partition coefficient (Wildman–Crippen LogP) is 3.34. The van der Waals surface area contributed by atoms with Gasteiger partial charge in [-0.3, -0.25) is 4.79 Å². The van der Waals surface area contributed by atoms with Crippen molar-refractivity contribution in [3.05, 3.63) is 22.8 Å². The van der Waals surface area contributed by atoms with Gasteiger partial charge in [0.15, 0.2) is 0 Å². The summed E-state index contributed by atoms with van der Waals surface area (Å²) in [5.41, 5.74) is -0.184. The molecule has 36 heavy (non-hydrogen) atoms. The number of amides is 1. The minimum absolute atomic E-state index is 0.0131. The van der Waals surface area contributed by atoms with Crippen LogP contribution in [-0.4, -0.2) is 61.1 Å². The molecule has 2 aliphatic carbocycles. The van der Waals surface area contributed by atoms with Gasteiger partial charge in [-0.05, 0) is 48.5 Å². The number of aliphatic carboxylic acids is 1. The molecule has 1 spiro atoms. The van der Waals surface area contributed by atoms with Crippen molar-refractivity contribution >= 4 is 11.9 Å². The number of ether oxygens (including phenoxy) is 1. The first-order valence-electron chi connectivity index (χ1n) is 13.1. The van der Waals surface area contributed by atoms with Gasteiger partial charge in [0.05, 0.1) is 24.3 Å². The summed E-state index contributed by atoms with van der Waals surface area (Å²) in [5, 5.41) is 42.7. The molecule has 2 saturated carbocycles. The Labute approximate surface area is 212 Å². The molecule has 2 heterocycles. The smallest absolute Gasteiger partial charge is 0.326 e. The molecule has 0 aromatic heterocycles. The van der Waals surface area contributed by atoms with E-state index in [1.807, 2.05) is 13.8 Å². The molecule has 0 saturated heterocycles. The Morgan fingerprint density at radius 3 is 2.44 bits per heavy atom. The summed E-state index contributed by atoms with van der Waals surface area (Å²) >= 11 is 0. The zero-order valence-corrected chi connectivity index (χ0v) is 22.0. The van der Waals surface area contributed by atoms with Gasteiger partial charge < -0.3 is 30.1 Å². The maximum atomic E-state index is 13.3. The van der Waals surface area contributed by atoms with Crippen LogP contribution in [0, 0.1) is 28.6 Å². The van der Waals surface area contributed by atoms with Crippen LogP contribution < -0.4 is 4.74 Å². The first-order valence-corrected chi connectivity index (χ1v) is 13.1. The van der Waals surface area contributed by atoms with E-state index in [4.69, 9.17) is 4.74 Å². The first-order chi connectivity index (χ1) is 16.7. The Hall–Kier alpha value is -2.32. The van der Waals surface area contributed by atoms with Crippen molar-refractivity contribution in [2.45, 2.75) is 97.6 Å². The lowest BCUT2D eigenvalue weighted by Gasteiger charge is -2.64. The van der Waals surface area contributed by atoms with Gasteiger partial charge in [-0.1, -0.05) is 41.5 Å². The van der Waals surface area contributed by atoms with Crippen molar-refractivity contribution in [2.24, 2.45) is 28.6 Å². The maximum absolute atomic E-state index is 13.3. The summed E-state index contributed by atoms with van der Waals surface area (Å²) in [6, 6.07) is 0.485. The van der Waals surface area contributed by atoms with E-state index in [1.54, 1.807) is 13.8 Å². The Kier molecular flexibility index (Phi) is 5.52. The van der Waals surface area contributed by atoms with Crippen molar-refractivity contribution in [1.82, 2.24) is 4.90 Å². The second-order valence-electron chi connectivity index (χ2n) is 12.8. The highest BCUT2D eigenvalue weighted by Gasteiger charge is 2.69. The summed E-state index contributed by atoms with van der Waals surface area (Å²) < 4.78 is 6.94. The standard InChI is InChI=1S/C28H39NO7/c1-13(2)21(25(34)35)29-12-17-15(24(29)33)9-18(30)16-10-28(36-22(16)17)14(3)7-8-20-26(4,5)23(32)19(31)11-27(20,28)6/h9,13-14,19-21,23,30-32H,7-8,10-12H2,1-6H3,(H,34,35)/t14-,19+,20-,21-,23+,27-,28-/m0/s1. The van der Waals surface area contributed by atoms with Crippen molar-refractivity contribution in [1.29, 1.82) is 0 Å². The van der Waals surface area contributed by atoms with Gasteiger partial charge >= 0.3 is 5.97 Å². The number of fused-ring (bicyclic) bond motifs is 5.